The largest absolute Gasteiger partial charge is 0.451 e. The maximum absolute atomic E-state index is 14.4. The number of halogens is 2. The second kappa shape index (κ2) is 17.0. The summed E-state index contributed by atoms with van der Waals surface area (Å²) in [4.78, 5) is 29.0. The lowest BCUT2D eigenvalue weighted by atomic mass is 9.67. The van der Waals surface area contributed by atoms with Crippen LogP contribution in [0.5, 0.6) is 11.5 Å². The van der Waals surface area contributed by atoms with Gasteiger partial charge in [0.1, 0.15) is 17.9 Å². The van der Waals surface area contributed by atoms with Crippen molar-refractivity contribution < 1.29 is 22.3 Å². The zero-order valence-corrected chi connectivity index (χ0v) is 32.3. The number of sulfonamides is 1. The van der Waals surface area contributed by atoms with Gasteiger partial charge in [0.15, 0.2) is 11.6 Å². The second-order valence-electron chi connectivity index (χ2n) is 15.6. The molecule has 0 unspecified atom stereocenters. The van der Waals surface area contributed by atoms with E-state index in [0.717, 1.165) is 77.9 Å². The van der Waals surface area contributed by atoms with Gasteiger partial charge < -0.3 is 24.8 Å². The van der Waals surface area contributed by atoms with E-state index < -0.39 is 15.8 Å². The Hall–Kier alpha value is -2.58. The number of benzene rings is 1. The quantitative estimate of drug-likeness (QED) is 0.302. The van der Waals surface area contributed by atoms with Crippen LogP contribution in [-0.4, -0.2) is 103 Å². The number of rotatable bonds is 11. The first-order valence-electron chi connectivity index (χ1n) is 18.7. The lowest BCUT2D eigenvalue weighted by Crippen LogP contribution is -2.49. The Labute approximate surface area is 309 Å². The summed E-state index contributed by atoms with van der Waals surface area (Å²) in [6.07, 6.45) is 12.0. The zero-order valence-electron chi connectivity index (χ0n) is 30.7. The van der Waals surface area contributed by atoms with Gasteiger partial charge in [0.05, 0.1) is 17.0 Å². The van der Waals surface area contributed by atoms with Crippen molar-refractivity contribution >= 4 is 34.2 Å². The average molecular weight is 750 g/mol. The van der Waals surface area contributed by atoms with Gasteiger partial charge in [0.2, 0.25) is 10.0 Å². The van der Waals surface area contributed by atoms with Gasteiger partial charge in [-0.15, -0.1) is 12.4 Å². The van der Waals surface area contributed by atoms with Crippen molar-refractivity contribution in [3.63, 3.8) is 0 Å². The first-order valence-corrected chi connectivity index (χ1v) is 20.3. The molecule has 1 aliphatic carbocycles. The van der Waals surface area contributed by atoms with Crippen LogP contribution in [0.25, 0.3) is 0 Å². The van der Waals surface area contributed by atoms with Crippen LogP contribution in [-0.2, 0) is 10.0 Å². The van der Waals surface area contributed by atoms with Gasteiger partial charge in [-0.25, -0.2) is 27.5 Å². The van der Waals surface area contributed by atoms with E-state index in [2.05, 4.69) is 29.8 Å². The number of carbonyl (C=O) groups is 1. The number of amides is 1. The molecule has 2 N–H and O–H groups in total. The molecular weight excluding hydrogens is 693 g/mol. The lowest BCUT2D eigenvalue weighted by Gasteiger charge is -2.46. The highest BCUT2D eigenvalue weighted by molar-refractivity contribution is 7.90. The van der Waals surface area contributed by atoms with Crippen LogP contribution in [0.4, 0.5) is 10.2 Å². The number of hydrogen-bond donors (Lipinski definition) is 2. The van der Waals surface area contributed by atoms with Gasteiger partial charge in [-0.2, -0.15) is 0 Å². The summed E-state index contributed by atoms with van der Waals surface area (Å²) in [6, 6.07) is 4.01. The van der Waals surface area contributed by atoms with E-state index in [0.29, 0.717) is 35.7 Å². The third-order valence-corrected chi connectivity index (χ3v) is 13.5. The highest BCUT2D eigenvalue weighted by Gasteiger charge is 2.40. The summed E-state index contributed by atoms with van der Waals surface area (Å²) >= 11 is 0. The molecule has 2 aromatic rings. The Balaban J connectivity index is 0.00000504. The minimum absolute atomic E-state index is 0. The Morgan fingerprint density at radius 3 is 2.37 bits per heavy atom. The van der Waals surface area contributed by atoms with E-state index in [-0.39, 0.29) is 53.0 Å². The highest BCUT2D eigenvalue weighted by Crippen LogP contribution is 2.45. The van der Waals surface area contributed by atoms with E-state index in [4.69, 9.17) is 4.74 Å². The molecule has 4 aliphatic rings. The van der Waals surface area contributed by atoms with Crippen LogP contribution >= 0.6 is 12.4 Å². The average Bonchev–Trinajstić information content (AvgIpc) is 3.56. The van der Waals surface area contributed by atoms with Gasteiger partial charge in [-0.05, 0) is 141 Å². The fourth-order valence-electron chi connectivity index (χ4n) is 8.73. The van der Waals surface area contributed by atoms with Crippen molar-refractivity contribution in [1.82, 2.24) is 29.8 Å². The van der Waals surface area contributed by atoms with Crippen molar-refractivity contribution in [2.75, 3.05) is 50.7 Å². The molecule has 0 bridgehead atoms. The minimum Gasteiger partial charge on any atom is -0.451 e. The first-order chi connectivity index (χ1) is 23.9. The van der Waals surface area contributed by atoms with Crippen molar-refractivity contribution in [2.24, 2.45) is 11.3 Å². The highest BCUT2D eigenvalue weighted by atomic mass is 35.5. The molecular formula is C37H57ClFN7O4S. The molecule has 4 fully saturated rings. The number of hydrogen-bond acceptors (Lipinski definition) is 9. The first kappa shape index (κ1) is 39.6. The maximum Gasteiger partial charge on any atom is 0.258 e. The third-order valence-electron chi connectivity index (χ3n) is 11.5. The molecule has 1 spiro atoms. The van der Waals surface area contributed by atoms with E-state index >= 15 is 0 Å². The molecule has 4 heterocycles. The summed E-state index contributed by atoms with van der Waals surface area (Å²) < 4.78 is 49.8. The predicted molar refractivity (Wildman–Crippen MR) is 201 cm³/mol. The van der Waals surface area contributed by atoms with Crippen molar-refractivity contribution in [3.8, 4) is 11.5 Å². The number of anilines is 1. The van der Waals surface area contributed by atoms with Gasteiger partial charge >= 0.3 is 0 Å². The molecule has 3 aliphatic heterocycles. The van der Waals surface area contributed by atoms with Crippen LogP contribution < -0.4 is 19.7 Å². The van der Waals surface area contributed by atoms with E-state index in [9.17, 15) is 17.6 Å². The molecule has 284 valence electrons. The second-order valence-corrected chi connectivity index (χ2v) is 17.6. The molecule has 3 saturated heterocycles. The predicted octanol–water partition coefficient (Wildman–Crippen LogP) is 5.61. The van der Waals surface area contributed by atoms with Crippen LogP contribution in [0.3, 0.4) is 0 Å². The third kappa shape index (κ3) is 9.51. The number of carbonyl (C=O) groups excluding carboxylic acids is 1. The fourth-order valence-corrected chi connectivity index (χ4v) is 10.5. The molecule has 1 aromatic heterocycles. The zero-order chi connectivity index (χ0) is 35.5. The molecule has 51 heavy (non-hydrogen) atoms. The Morgan fingerprint density at radius 2 is 1.71 bits per heavy atom. The number of piperidine rings is 2. The standard InChI is InChI=1S/C37H56FN7O4S.ClH/c1-26(2)45(27(3)4)36(46)32-21-29(38)5-6-33(32)49-34-22-40-25-41-35(34)44-18-11-28(24-44)23-43-19-14-37(15-20-43)12-7-30(8-13-37)42-50(47,48)31-9-16-39-17-10-31;/h5-6,21-22,25-28,30-31,39,42H,7-20,23-24H2,1-4H3;1H/t28-;/m0./s1. The molecule has 1 atom stereocenters. The minimum atomic E-state index is -3.25. The number of aromatic nitrogens is 2. The maximum atomic E-state index is 14.4. The lowest BCUT2D eigenvalue weighted by molar-refractivity contribution is 0.0550. The smallest absolute Gasteiger partial charge is 0.258 e. The number of ether oxygens (including phenoxy) is 1. The van der Waals surface area contributed by atoms with Gasteiger partial charge in [-0.3, -0.25) is 4.79 Å². The normalized spacial score (nSPS) is 22.0. The van der Waals surface area contributed by atoms with E-state index in [1.54, 1.807) is 11.1 Å². The topological polar surface area (TPSA) is 120 Å². The van der Waals surface area contributed by atoms with Crippen molar-refractivity contribution in [2.45, 2.75) is 109 Å². The van der Waals surface area contributed by atoms with Gasteiger partial charge in [-0.1, -0.05) is 0 Å². The molecule has 1 saturated carbocycles. The van der Waals surface area contributed by atoms with Crippen molar-refractivity contribution in [3.05, 3.63) is 42.1 Å². The summed E-state index contributed by atoms with van der Waals surface area (Å²) in [5, 5.41) is 3.00. The Morgan fingerprint density at radius 1 is 1.02 bits per heavy atom. The molecule has 11 nitrogen and oxygen atoms in total. The van der Waals surface area contributed by atoms with Crippen LogP contribution in [0.1, 0.15) is 95.8 Å². The fraction of sp³-hybridized carbons (Fsp3) is 0.703. The Kier molecular flexibility index (Phi) is 13.2. The summed E-state index contributed by atoms with van der Waals surface area (Å²) in [6.45, 7) is 14.2. The molecule has 0 radical (unpaired) electrons. The monoisotopic (exact) mass is 749 g/mol. The van der Waals surface area contributed by atoms with Gasteiger partial charge in [0.25, 0.3) is 5.91 Å². The summed E-state index contributed by atoms with van der Waals surface area (Å²) in [5.74, 6) is 1.12. The van der Waals surface area contributed by atoms with E-state index in [1.807, 2.05) is 27.7 Å². The summed E-state index contributed by atoms with van der Waals surface area (Å²) in [7, 11) is -3.25. The number of nitrogens with zero attached hydrogens (tertiary/aromatic N) is 5. The molecule has 1 aromatic carbocycles. The SMILES string of the molecule is CC(C)N(C(=O)c1cc(F)ccc1Oc1cncnc1N1CC[C@@H](CN2CCC3(CCC(NS(=O)(=O)C4CCNCC4)CC3)CC2)C1)C(C)C.Cl. The number of likely N-dealkylation sites (tertiary alicyclic amines) is 1. The molecule has 1 amide bonds. The van der Waals surface area contributed by atoms with Crippen LogP contribution in [0, 0.1) is 17.2 Å². The van der Waals surface area contributed by atoms with E-state index in [1.165, 1.54) is 37.4 Å². The Bertz CT molecular complexity index is 1570. The summed E-state index contributed by atoms with van der Waals surface area (Å²) in [5.41, 5.74) is 0.515. The van der Waals surface area contributed by atoms with Crippen molar-refractivity contribution in [1.29, 1.82) is 0 Å². The molecule has 14 heteroatoms. The van der Waals surface area contributed by atoms with Gasteiger partial charge in [0, 0.05) is 37.8 Å². The molecule has 6 rings (SSSR count). The van der Waals surface area contributed by atoms with Crippen LogP contribution in [0.2, 0.25) is 0 Å². The number of nitrogens with one attached hydrogen (secondary N) is 2. The van der Waals surface area contributed by atoms with Crippen LogP contribution in [0.15, 0.2) is 30.7 Å².